The smallest absolute Gasteiger partial charge is 0.284 e. The number of allylic oxidation sites excluding steroid dienone is 2. The average Bonchev–Trinajstić information content (AvgIpc) is 2.68. The molecule has 0 aromatic heterocycles. The molecule has 0 bridgehead atoms. The van der Waals surface area contributed by atoms with Crippen molar-refractivity contribution in [2.24, 2.45) is 0 Å². The Balaban J connectivity index is 2.12. The van der Waals surface area contributed by atoms with Crippen LogP contribution in [0.4, 0.5) is 4.79 Å². The summed E-state index contributed by atoms with van der Waals surface area (Å²) in [6.07, 6.45) is 5.87. The summed E-state index contributed by atoms with van der Waals surface area (Å²) in [5.74, 6) is 0.841. The summed E-state index contributed by atoms with van der Waals surface area (Å²) in [5.41, 5.74) is 1.02. The van der Waals surface area contributed by atoms with E-state index in [1.807, 2.05) is 49.4 Å². The molecular formula is C14H15NO2S. The monoisotopic (exact) mass is 261 g/mol. The molecule has 18 heavy (non-hydrogen) atoms. The first-order valence-corrected chi connectivity index (χ1v) is 6.52. The molecule has 1 aliphatic rings. The summed E-state index contributed by atoms with van der Waals surface area (Å²) in [4.78, 5) is 12.2. The SMILES string of the molecule is COc1ccccc1/C=C/C=C1\SC(=O)NC1C. The molecule has 1 amide bonds. The Morgan fingerprint density at radius 2 is 2.17 bits per heavy atom. The minimum Gasteiger partial charge on any atom is -0.496 e. The third-order valence-corrected chi connectivity index (χ3v) is 3.68. The zero-order chi connectivity index (χ0) is 13.0. The van der Waals surface area contributed by atoms with E-state index in [-0.39, 0.29) is 11.3 Å². The van der Waals surface area contributed by atoms with Crippen molar-refractivity contribution in [3.8, 4) is 5.75 Å². The van der Waals surface area contributed by atoms with Gasteiger partial charge in [0.25, 0.3) is 5.24 Å². The molecule has 2 rings (SSSR count). The second kappa shape index (κ2) is 5.78. The number of hydrogen-bond donors (Lipinski definition) is 1. The van der Waals surface area contributed by atoms with E-state index in [9.17, 15) is 4.79 Å². The molecule has 1 heterocycles. The van der Waals surface area contributed by atoms with Crippen molar-refractivity contribution < 1.29 is 9.53 Å². The lowest BCUT2D eigenvalue weighted by molar-refractivity contribution is 0.261. The standard InChI is InChI=1S/C14H15NO2S/c1-10-13(18-14(16)15-10)9-5-7-11-6-3-4-8-12(11)17-2/h3-10H,1-2H3,(H,15,16)/b7-5+,13-9-. The van der Waals surface area contributed by atoms with Gasteiger partial charge in [-0.3, -0.25) is 4.79 Å². The number of amides is 1. The topological polar surface area (TPSA) is 38.3 Å². The van der Waals surface area contributed by atoms with E-state index in [0.717, 1.165) is 16.2 Å². The van der Waals surface area contributed by atoms with Crippen LogP contribution in [0.25, 0.3) is 6.08 Å². The number of ether oxygens (including phenoxy) is 1. The fourth-order valence-electron chi connectivity index (χ4n) is 1.70. The molecule has 4 heteroatoms. The van der Waals surface area contributed by atoms with Gasteiger partial charge >= 0.3 is 0 Å². The van der Waals surface area contributed by atoms with Crippen molar-refractivity contribution >= 4 is 23.1 Å². The number of benzene rings is 1. The largest absolute Gasteiger partial charge is 0.496 e. The highest BCUT2D eigenvalue weighted by Gasteiger charge is 2.22. The van der Waals surface area contributed by atoms with Gasteiger partial charge in [0.15, 0.2) is 0 Å². The van der Waals surface area contributed by atoms with Gasteiger partial charge in [-0.15, -0.1) is 0 Å². The van der Waals surface area contributed by atoms with Crippen LogP contribution in [0.2, 0.25) is 0 Å². The summed E-state index contributed by atoms with van der Waals surface area (Å²) >= 11 is 1.25. The number of methoxy groups -OCH3 is 1. The van der Waals surface area contributed by atoms with E-state index >= 15 is 0 Å². The normalized spacial score (nSPS) is 21.6. The first-order valence-electron chi connectivity index (χ1n) is 5.70. The fraction of sp³-hybridized carbons (Fsp3) is 0.214. The summed E-state index contributed by atoms with van der Waals surface area (Å²) in [6.45, 7) is 1.97. The Labute approximate surface area is 111 Å². The minimum absolute atomic E-state index is 0.0134. The minimum atomic E-state index is 0.0134. The van der Waals surface area contributed by atoms with Crippen LogP contribution in [0.3, 0.4) is 0 Å². The Morgan fingerprint density at radius 1 is 1.39 bits per heavy atom. The van der Waals surface area contributed by atoms with Crippen LogP contribution in [-0.2, 0) is 0 Å². The molecular weight excluding hydrogens is 246 g/mol. The van der Waals surface area contributed by atoms with Gasteiger partial charge in [0.2, 0.25) is 0 Å². The number of thioether (sulfide) groups is 1. The maximum Gasteiger partial charge on any atom is 0.284 e. The van der Waals surface area contributed by atoms with E-state index in [1.165, 1.54) is 11.8 Å². The lowest BCUT2D eigenvalue weighted by Crippen LogP contribution is -2.21. The highest BCUT2D eigenvalue weighted by atomic mass is 32.2. The third-order valence-electron chi connectivity index (χ3n) is 2.65. The van der Waals surface area contributed by atoms with Crippen LogP contribution in [-0.4, -0.2) is 18.4 Å². The van der Waals surface area contributed by atoms with Crippen molar-refractivity contribution in [3.05, 3.63) is 46.9 Å². The zero-order valence-corrected chi connectivity index (χ0v) is 11.2. The summed E-state index contributed by atoms with van der Waals surface area (Å²) < 4.78 is 5.26. The van der Waals surface area contributed by atoms with E-state index in [0.29, 0.717) is 0 Å². The van der Waals surface area contributed by atoms with Crippen LogP contribution >= 0.6 is 11.8 Å². The molecule has 3 nitrogen and oxygen atoms in total. The molecule has 1 aromatic carbocycles. The molecule has 1 saturated heterocycles. The van der Waals surface area contributed by atoms with Crippen LogP contribution in [0.5, 0.6) is 5.75 Å². The van der Waals surface area contributed by atoms with Crippen LogP contribution < -0.4 is 10.1 Å². The second-order valence-corrected chi connectivity index (χ2v) is 4.97. The Hall–Kier alpha value is -1.68. The van der Waals surface area contributed by atoms with Crippen LogP contribution in [0, 0.1) is 0 Å². The van der Waals surface area contributed by atoms with E-state index < -0.39 is 0 Å². The van der Waals surface area contributed by atoms with Gasteiger partial charge in [0, 0.05) is 10.5 Å². The van der Waals surface area contributed by atoms with Crippen molar-refractivity contribution in [2.45, 2.75) is 13.0 Å². The zero-order valence-electron chi connectivity index (χ0n) is 10.3. The Kier molecular flexibility index (Phi) is 4.10. The highest BCUT2D eigenvalue weighted by molar-refractivity contribution is 8.17. The van der Waals surface area contributed by atoms with Crippen molar-refractivity contribution in [3.63, 3.8) is 0 Å². The summed E-state index contributed by atoms with van der Waals surface area (Å²) in [7, 11) is 1.66. The quantitative estimate of drug-likeness (QED) is 0.905. The maximum atomic E-state index is 11.2. The summed E-state index contributed by atoms with van der Waals surface area (Å²) in [5, 5.41) is 2.85. The van der Waals surface area contributed by atoms with Gasteiger partial charge in [-0.05, 0) is 24.8 Å². The van der Waals surface area contributed by atoms with Gasteiger partial charge in [0.05, 0.1) is 13.2 Å². The summed E-state index contributed by atoms with van der Waals surface area (Å²) in [6, 6.07) is 7.91. The van der Waals surface area contributed by atoms with E-state index in [4.69, 9.17) is 4.74 Å². The lowest BCUT2D eigenvalue weighted by atomic mass is 10.2. The molecule has 1 atom stereocenters. The Bertz CT molecular complexity index is 508. The lowest BCUT2D eigenvalue weighted by Gasteiger charge is -2.03. The third kappa shape index (κ3) is 2.96. The predicted octanol–water partition coefficient (Wildman–Crippen LogP) is 3.44. The molecule has 0 radical (unpaired) electrons. The molecule has 1 unspecified atom stereocenters. The van der Waals surface area contributed by atoms with Gasteiger partial charge in [0.1, 0.15) is 5.75 Å². The van der Waals surface area contributed by atoms with E-state index in [2.05, 4.69) is 5.32 Å². The number of carbonyl (C=O) groups excluding carboxylic acids is 1. The predicted molar refractivity (Wildman–Crippen MR) is 75.7 cm³/mol. The number of rotatable bonds is 3. The molecule has 1 N–H and O–H groups in total. The molecule has 1 fully saturated rings. The van der Waals surface area contributed by atoms with Crippen LogP contribution in [0.1, 0.15) is 12.5 Å². The maximum absolute atomic E-state index is 11.2. The fourth-order valence-corrected chi connectivity index (χ4v) is 2.53. The number of nitrogens with one attached hydrogen (secondary N) is 1. The number of para-hydroxylation sites is 1. The van der Waals surface area contributed by atoms with Crippen molar-refractivity contribution in [2.75, 3.05) is 7.11 Å². The first kappa shape index (κ1) is 12.8. The van der Waals surface area contributed by atoms with Crippen molar-refractivity contribution in [1.29, 1.82) is 0 Å². The van der Waals surface area contributed by atoms with Gasteiger partial charge < -0.3 is 10.1 Å². The van der Waals surface area contributed by atoms with Gasteiger partial charge in [-0.25, -0.2) is 0 Å². The average molecular weight is 261 g/mol. The molecule has 0 aliphatic carbocycles. The molecule has 1 aliphatic heterocycles. The van der Waals surface area contributed by atoms with Gasteiger partial charge in [-0.2, -0.15) is 0 Å². The molecule has 0 spiro atoms. The molecule has 94 valence electrons. The van der Waals surface area contributed by atoms with Gasteiger partial charge in [-0.1, -0.05) is 36.4 Å². The van der Waals surface area contributed by atoms with Crippen molar-refractivity contribution in [1.82, 2.24) is 5.32 Å². The second-order valence-electron chi connectivity index (χ2n) is 3.93. The highest BCUT2D eigenvalue weighted by Crippen LogP contribution is 2.27. The molecule has 1 aromatic rings. The molecule has 0 saturated carbocycles. The first-order chi connectivity index (χ1) is 8.70. The van der Waals surface area contributed by atoms with E-state index in [1.54, 1.807) is 7.11 Å². The van der Waals surface area contributed by atoms with Crippen LogP contribution in [0.15, 0.2) is 41.3 Å². The number of carbonyl (C=O) groups is 1. The number of hydrogen-bond acceptors (Lipinski definition) is 3. The Morgan fingerprint density at radius 3 is 2.83 bits per heavy atom.